The predicted octanol–water partition coefficient (Wildman–Crippen LogP) is 1.56. The molecule has 1 aromatic rings. The summed E-state index contributed by atoms with van der Waals surface area (Å²) >= 11 is 0. The van der Waals surface area contributed by atoms with Crippen LogP contribution in [0.25, 0.3) is 0 Å². The van der Waals surface area contributed by atoms with Crippen LogP contribution in [0.3, 0.4) is 0 Å². The lowest BCUT2D eigenvalue weighted by atomic mass is 9.83. The van der Waals surface area contributed by atoms with Crippen LogP contribution < -0.4 is 15.2 Å². The minimum absolute atomic E-state index is 0.297. The first-order valence-corrected chi connectivity index (χ1v) is 9.01. The van der Waals surface area contributed by atoms with E-state index < -0.39 is 15.6 Å². The number of hydrogen-bond donors (Lipinski definition) is 2. The lowest BCUT2D eigenvalue weighted by Crippen LogP contribution is -2.51. The minimum Gasteiger partial charge on any atom is -0.493 e. The van der Waals surface area contributed by atoms with Gasteiger partial charge in [0, 0.05) is 18.5 Å². The molecule has 6 heteroatoms. The highest BCUT2D eigenvalue weighted by molar-refractivity contribution is 7.89. The van der Waals surface area contributed by atoms with Gasteiger partial charge in [0.1, 0.15) is 5.75 Å². The number of benzene rings is 1. The van der Waals surface area contributed by atoms with Crippen molar-refractivity contribution in [1.82, 2.24) is 4.72 Å². The van der Waals surface area contributed by atoms with Gasteiger partial charge in [-0.05, 0) is 36.6 Å². The quantitative estimate of drug-likeness (QED) is 0.884. The van der Waals surface area contributed by atoms with Crippen molar-refractivity contribution < 1.29 is 13.2 Å². The van der Waals surface area contributed by atoms with Crippen LogP contribution >= 0.6 is 0 Å². The maximum absolute atomic E-state index is 12.4. The molecule has 3 rings (SSSR count). The summed E-state index contributed by atoms with van der Waals surface area (Å²) in [6.45, 7) is 0.932. The standard InChI is InChI=1S/C15H22N2O3S/c16-15(7-2-1-3-8-15)11-17-21(18,19)13-4-5-14-12(10-13)6-9-20-14/h4-5,10,17H,1-3,6-9,11,16H2. The van der Waals surface area contributed by atoms with Gasteiger partial charge in [0.05, 0.1) is 11.5 Å². The molecule has 0 radical (unpaired) electrons. The van der Waals surface area contributed by atoms with E-state index >= 15 is 0 Å². The minimum atomic E-state index is -3.50. The van der Waals surface area contributed by atoms with Crippen molar-refractivity contribution in [1.29, 1.82) is 0 Å². The van der Waals surface area contributed by atoms with E-state index in [1.165, 1.54) is 6.42 Å². The zero-order valence-corrected chi connectivity index (χ0v) is 12.9. The Hall–Kier alpha value is -1.11. The number of nitrogens with one attached hydrogen (secondary N) is 1. The average Bonchev–Trinajstić information content (AvgIpc) is 2.94. The third-order valence-corrected chi connectivity index (χ3v) is 5.83. The second kappa shape index (κ2) is 5.59. The molecule has 0 unspecified atom stereocenters. The van der Waals surface area contributed by atoms with Gasteiger partial charge in [-0.15, -0.1) is 0 Å². The molecular weight excluding hydrogens is 288 g/mol. The molecule has 1 aliphatic carbocycles. The van der Waals surface area contributed by atoms with E-state index in [-0.39, 0.29) is 0 Å². The zero-order valence-electron chi connectivity index (χ0n) is 12.1. The van der Waals surface area contributed by atoms with Gasteiger partial charge in [-0.1, -0.05) is 19.3 Å². The highest BCUT2D eigenvalue weighted by atomic mass is 32.2. The molecule has 1 aromatic carbocycles. The van der Waals surface area contributed by atoms with Crippen molar-refractivity contribution in [3.8, 4) is 5.75 Å². The fourth-order valence-corrected chi connectivity index (χ4v) is 4.27. The summed E-state index contributed by atoms with van der Waals surface area (Å²) in [5.74, 6) is 0.788. The summed E-state index contributed by atoms with van der Waals surface area (Å²) in [6.07, 6.45) is 5.87. The van der Waals surface area contributed by atoms with E-state index in [2.05, 4.69) is 4.72 Å². The van der Waals surface area contributed by atoms with E-state index in [4.69, 9.17) is 10.5 Å². The van der Waals surface area contributed by atoms with Crippen molar-refractivity contribution in [3.63, 3.8) is 0 Å². The maximum Gasteiger partial charge on any atom is 0.240 e. The molecule has 1 fully saturated rings. The molecule has 1 saturated carbocycles. The van der Waals surface area contributed by atoms with Crippen molar-refractivity contribution in [3.05, 3.63) is 23.8 Å². The monoisotopic (exact) mass is 310 g/mol. The number of nitrogens with two attached hydrogens (primary N) is 1. The largest absolute Gasteiger partial charge is 0.493 e. The number of hydrogen-bond acceptors (Lipinski definition) is 4. The Morgan fingerprint density at radius 3 is 2.76 bits per heavy atom. The van der Waals surface area contributed by atoms with E-state index in [0.717, 1.165) is 43.4 Å². The maximum atomic E-state index is 12.4. The third kappa shape index (κ3) is 3.22. The Kier molecular flexibility index (Phi) is 3.94. The van der Waals surface area contributed by atoms with Gasteiger partial charge in [-0.3, -0.25) is 0 Å². The first kappa shape index (κ1) is 14.8. The molecule has 1 aliphatic heterocycles. The molecule has 0 amide bonds. The zero-order chi connectivity index (χ0) is 14.9. The number of rotatable bonds is 4. The van der Waals surface area contributed by atoms with Crippen molar-refractivity contribution in [2.24, 2.45) is 5.73 Å². The van der Waals surface area contributed by atoms with Crippen LogP contribution in [0.5, 0.6) is 5.75 Å². The second-order valence-electron chi connectivity index (χ2n) is 6.12. The number of sulfonamides is 1. The van der Waals surface area contributed by atoms with Gasteiger partial charge in [0.15, 0.2) is 0 Å². The molecule has 0 saturated heterocycles. The molecule has 0 spiro atoms. The van der Waals surface area contributed by atoms with Gasteiger partial charge in [-0.25, -0.2) is 13.1 Å². The Labute approximate surface area is 125 Å². The van der Waals surface area contributed by atoms with Crippen LogP contribution in [0.1, 0.15) is 37.7 Å². The molecule has 0 bridgehead atoms. The van der Waals surface area contributed by atoms with Crippen molar-refractivity contribution in [2.45, 2.75) is 49.0 Å². The van der Waals surface area contributed by atoms with E-state index in [9.17, 15) is 8.42 Å². The first-order valence-electron chi connectivity index (χ1n) is 7.53. The Balaban J connectivity index is 1.72. The van der Waals surface area contributed by atoms with Gasteiger partial charge >= 0.3 is 0 Å². The lowest BCUT2D eigenvalue weighted by molar-refractivity contribution is 0.296. The molecule has 5 nitrogen and oxygen atoms in total. The van der Waals surface area contributed by atoms with Gasteiger partial charge in [0.25, 0.3) is 0 Å². The summed E-state index contributed by atoms with van der Waals surface area (Å²) in [4.78, 5) is 0.297. The predicted molar refractivity (Wildman–Crippen MR) is 80.8 cm³/mol. The summed E-state index contributed by atoms with van der Waals surface area (Å²) in [5.41, 5.74) is 6.85. The highest BCUT2D eigenvalue weighted by Gasteiger charge is 2.29. The molecule has 3 N–H and O–H groups in total. The summed E-state index contributed by atoms with van der Waals surface area (Å²) in [5, 5.41) is 0. The van der Waals surface area contributed by atoms with Crippen LogP contribution in [0.2, 0.25) is 0 Å². The van der Waals surface area contributed by atoms with Crippen molar-refractivity contribution >= 4 is 10.0 Å². The fourth-order valence-electron chi connectivity index (χ4n) is 3.08. The van der Waals surface area contributed by atoms with E-state index in [1.54, 1.807) is 18.2 Å². The molecule has 116 valence electrons. The summed E-state index contributed by atoms with van der Waals surface area (Å²) < 4.78 is 32.9. The highest BCUT2D eigenvalue weighted by Crippen LogP contribution is 2.28. The van der Waals surface area contributed by atoms with Crippen LogP contribution in [0.4, 0.5) is 0 Å². The number of fused-ring (bicyclic) bond motifs is 1. The number of ether oxygens (including phenoxy) is 1. The Morgan fingerprint density at radius 1 is 1.24 bits per heavy atom. The first-order chi connectivity index (χ1) is 9.99. The van der Waals surface area contributed by atoms with Crippen molar-refractivity contribution in [2.75, 3.05) is 13.2 Å². The van der Waals surface area contributed by atoms with Gasteiger partial charge in [-0.2, -0.15) is 0 Å². The normalized spacial score (nSPS) is 20.8. The van der Waals surface area contributed by atoms with Gasteiger partial charge in [0.2, 0.25) is 10.0 Å². The lowest BCUT2D eigenvalue weighted by Gasteiger charge is -2.33. The topological polar surface area (TPSA) is 81.4 Å². The van der Waals surface area contributed by atoms with E-state index in [0.29, 0.717) is 18.0 Å². The Bertz CT molecular complexity index is 622. The van der Waals surface area contributed by atoms with Crippen LogP contribution in [-0.2, 0) is 16.4 Å². The molecule has 0 atom stereocenters. The van der Waals surface area contributed by atoms with Gasteiger partial charge < -0.3 is 10.5 Å². The summed E-state index contributed by atoms with van der Waals surface area (Å²) in [7, 11) is -3.50. The van der Waals surface area contributed by atoms with Crippen LogP contribution in [0.15, 0.2) is 23.1 Å². The summed E-state index contributed by atoms with van der Waals surface area (Å²) in [6, 6.07) is 5.03. The smallest absolute Gasteiger partial charge is 0.240 e. The SMILES string of the molecule is NC1(CNS(=O)(=O)c2ccc3c(c2)CCO3)CCCCC1. The fraction of sp³-hybridized carbons (Fsp3) is 0.600. The Morgan fingerprint density at radius 2 is 2.00 bits per heavy atom. The van der Waals surface area contributed by atoms with E-state index in [1.807, 2.05) is 0 Å². The molecule has 2 aliphatic rings. The molecule has 0 aromatic heterocycles. The second-order valence-corrected chi connectivity index (χ2v) is 7.88. The van der Waals surface area contributed by atoms with Crippen LogP contribution in [0, 0.1) is 0 Å². The van der Waals surface area contributed by atoms with Crippen LogP contribution in [-0.4, -0.2) is 27.1 Å². The third-order valence-electron chi connectivity index (χ3n) is 4.43. The molecular formula is C15H22N2O3S. The molecule has 21 heavy (non-hydrogen) atoms. The molecule has 1 heterocycles. The average molecular weight is 310 g/mol.